The Balaban J connectivity index is 1.63. The van der Waals surface area contributed by atoms with Gasteiger partial charge in [-0.2, -0.15) is 0 Å². The summed E-state index contributed by atoms with van der Waals surface area (Å²) in [6.45, 7) is 2.40. The highest BCUT2D eigenvalue weighted by Crippen LogP contribution is 2.25. The molecule has 6 heteroatoms. The van der Waals surface area contributed by atoms with Crippen molar-refractivity contribution in [2.45, 2.75) is 25.3 Å². The van der Waals surface area contributed by atoms with E-state index in [1.165, 1.54) is 12.1 Å². The smallest absolute Gasteiger partial charge is 0.224 e. The molecule has 0 saturated carbocycles. The highest BCUT2D eigenvalue weighted by molar-refractivity contribution is 6.31. The van der Waals surface area contributed by atoms with Crippen LogP contribution >= 0.6 is 11.6 Å². The maximum Gasteiger partial charge on any atom is 0.224 e. The molecule has 2 aromatic rings. The predicted molar refractivity (Wildman–Crippen MR) is 90.4 cm³/mol. The lowest BCUT2D eigenvalue weighted by Gasteiger charge is -2.26. The van der Waals surface area contributed by atoms with Crippen molar-refractivity contribution in [3.8, 4) is 0 Å². The first-order chi connectivity index (χ1) is 11.6. The molecule has 1 atom stereocenters. The second-order valence-corrected chi connectivity index (χ2v) is 6.36. The molecule has 0 spiro atoms. The molecule has 1 aromatic carbocycles. The molecule has 4 nitrogen and oxygen atoms in total. The van der Waals surface area contributed by atoms with Crippen molar-refractivity contribution in [3.63, 3.8) is 0 Å². The van der Waals surface area contributed by atoms with Crippen LogP contribution in [0.3, 0.4) is 0 Å². The van der Waals surface area contributed by atoms with Gasteiger partial charge >= 0.3 is 0 Å². The molecule has 3 rings (SSSR count). The summed E-state index contributed by atoms with van der Waals surface area (Å²) in [5.74, 6) is 0.124. The standard InChI is InChI=1S/C18H20ClFN2O2/c19-14-5-3-6-15(20)13(14)11-18(23)21-12-16(17-7-4-10-24-17)22-8-1-2-9-22/h3-7,10,16H,1-2,8-9,11-12H2,(H,21,23)/t16-/m0/s1. The lowest BCUT2D eigenvalue weighted by atomic mass is 10.1. The number of nitrogens with one attached hydrogen (secondary N) is 1. The van der Waals surface area contributed by atoms with E-state index in [0.717, 1.165) is 31.7 Å². The minimum Gasteiger partial charge on any atom is -0.468 e. The fraction of sp³-hybridized carbons (Fsp3) is 0.389. The molecule has 1 saturated heterocycles. The normalized spacial score (nSPS) is 16.2. The summed E-state index contributed by atoms with van der Waals surface area (Å²) < 4.78 is 19.3. The molecular weight excluding hydrogens is 331 g/mol. The van der Waals surface area contributed by atoms with E-state index in [1.54, 1.807) is 12.3 Å². The lowest BCUT2D eigenvalue weighted by Crippen LogP contribution is -2.37. The largest absolute Gasteiger partial charge is 0.468 e. The van der Waals surface area contributed by atoms with Gasteiger partial charge < -0.3 is 9.73 Å². The van der Waals surface area contributed by atoms with E-state index in [2.05, 4.69) is 10.2 Å². The van der Waals surface area contributed by atoms with Gasteiger partial charge in [-0.25, -0.2) is 4.39 Å². The van der Waals surface area contributed by atoms with Crippen molar-refractivity contribution < 1.29 is 13.6 Å². The number of rotatable bonds is 6. The van der Waals surface area contributed by atoms with E-state index in [0.29, 0.717) is 6.54 Å². The summed E-state index contributed by atoms with van der Waals surface area (Å²) in [4.78, 5) is 14.5. The van der Waals surface area contributed by atoms with Crippen LogP contribution in [-0.4, -0.2) is 30.4 Å². The molecule has 0 unspecified atom stereocenters. The number of carbonyl (C=O) groups is 1. The van der Waals surface area contributed by atoms with Gasteiger partial charge in [0.25, 0.3) is 0 Å². The third-order valence-electron chi connectivity index (χ3n) is 4.34. The van der Waals surface area contributed by atoms with Crippen LogP contribution in [0, 0.1) is 5.82 Å². The van der Waals surface area contributed by atoms with Gasteiger partial charge in [-0.1, -0.05) is 17.7 Å². The van der Waals surface area contributed by atoms with E-state index in [1.807, 2.05) is 12.1 Å². The zero-order valence-corrected chi connectivity index (χ0v) is 14.1. The summed E-state index contributed by atoms with van der Waals surface area (Å²) in [5.41, 5.74) is 0.229. The predicted octanol–water partition coefficient (Wildman–Crippen LogP) is 3.57. The van der Waals surface area contributed by atoms with Gasteiger partial charge in [-0.05, 0) is 50.2 Å². The van der Waals surface area contributed by atoms with Crippen LogP contribution in [0.1, 0.15) is 30.2 Å². The molecule has 1 N–H and O–H groups in total. The maximum atomic E-state index is 13.8. The Morgan fingerprint density at radius 3 is 2.75 bits per heavy atom. The first-order valence-electron chi connectivity index (χ1n) is 8.12. The number of hydrogen-bond acceptors (Lipinski definition) is 3. The number of hydrogen-bond donors (Lipinski definition) is 1. The summed E-state index contributed by atoms with van der Waals surface area (Å²) in [5, 5.41) is 3.16. The average Bonchev–Trinajstić information content (AvgIpc) is 3.25. The Morgan fingerprint density at radius 2 is 2.08 bits per heavy atom. The molecule has 1 aliphatic rings. The number of likely N-dealkylation sites (tertiary alicyclic amines) is 1. The molecule has 1 fully saturated rings. The van der Waals surface area contributed by atoms with Crippen LogP contribution in [-0.2, 0) is 11.2 Å². The molecule has 2 heterocycles. The number of nitrogens with zero attached hydrogens (tertiary/aromatic N) is 1. The van der Waals surface area contributed by atoms with Gasteiger partial charge in [0.1, 0.15) is 11.6 Å². The summed E-state index contributed by atoms with van der Waals surface area (Å²) in [6, 6.07) is 8.19. The molecule has 1 aliphatic heterocycles. The van der Waals surface area contributed by atoms with Crippen molar-refractivity contribution in [1.82, 2.24) is 10.2 Å². The second kappa shape index (κ2) is 7.81. The van der Waals surface area contributed by atoms with Crippen molar-refractivity contribution in [2.24, 2.45) is 0 Å². The van der Waals surface area contributed by atoms with E-state index >= 15 is 0 Å². The first kappa shape index (κ1) is 17.0. The third kappa shape index (κ3) is 3.97. The average molecular weight is 351 g/mol. The minimum absolute atomic E-state index is 0.00235. The van der Waals surface area contributed by atoms with E-state index in [-0.39, 0.29) is 29.0 Å². The topological polar surface area (TPSA) is 45.5 Å². The Bertz CT molecular complexity index is 664. The first-order valence-corrected chi connectivity index (χ1v) is 8.50. The number of amides is 1. The highest BCUT2D eigenvalue weighted by Gasteiger charge is 2.26. The lowest BCUT2D eigenvalue weighted by molar-refractivity contribution is -0.120. The Morgan fingerprint density at radius 1 is 1.29 bits per heavy atom. The highest BCUT2D eigenvalue weighted by atomic mass is 35.5. The van der Waals surface area contributed by atoms with Crippen molar-refractivity contribution in [2.75, 3.05) is 19.6 Å². The summed E-state index contributed by atoms with van der Waals surface area (Å²) >= 11 is 5.98. The summed E-state index contributed by atoms with van der Waals surface area (Å²) in [7, 11) is 0. The van der Waals surface area contributed by atoms with E-state index in [9.17, 15) is 9.18 Å². The van der Waals surface area contributed by atoms with Gasteiger partial charge in [0.05, 0.1) is 18.7 Å². The number of furan rings is 1. The van der Waals surface area contributed by atoms with Gasteiger partial charge in [0.2, 0.25) is 5.91 Å². The number of carbonyl (C=O) groups excluding carboxylic acids is 1. The van der Waals surface area contributed by atoms with Crippen molar-refractivity contribution in [1.29, 1.82) is 0 Å². The van der Waals surface area contributed by atoms with Crippen LogP contribution in [0.4, 0.5) is 4.39 Å². The van der Waals surface area contributed by atoms with Crippen LogP contribution in [0.25, 0.3) is 0 Å². The van der Waals surface area contributed by atoms with Gasteiger partial charge in [0, 0.05) is 17.1 Å². The molecule has 0 aliphatic carbocycles. The Labute approximate surface area is 145 Å². The quantitative estimate of drug-likeness (QED) is 0.866. The van der Waals surface area contributed by atoms with Crippen LogP contribution in [0.5, 0.6) is 0 Å². The monoisotopic (exact) mass is 350 g/mol. The fourth-order valence-electron chi connectivity index (χ4n) is 3.08. The summed E-state index contributed by atoms with van der Waals surface area (Å²) in [6.07, 6.45) is 3.86. The molecule has 0 bridgehead atoms. The zero-order valence-electron chi connectivity index (χ0n) is 13.3. The van der Waals surface area contributed by atoms with Crippen LogP contribution < -0.4 is 5.32 Å². The minimum atomic E-state index is -0.459. The Kier molecular flexibility index (Phi) is 5.53. The molecule has 24 heavy (non-hydrogen) atoms. The van der Waals surface area contributed by atoms with E-state index in [4.69, 9.17) is 16.0 Å². The molecule has 128 valence electrons. The van der Waals surface area contributed by atoms with Crippen molar-refractivity contribution in [3.05, 3.63) is 58.8 Å². The Hall–Kier alpha value is -1.85. The van der Waals surface area contributed by atoms with Crippen LogP contribution in [0.2, 0.25) is 5.02 Å². The number of benzene rings is 1. The van der Waals surface area contributed by atoms with Gasteiger partial charge in [0.15, 0.2) is 0 Å². The molecular formula is C18H20ClFN2O2. The van der Waals surface area contributed by atoms with Crippen LogP contribution in [0.15, 0.2) is 41.0 Å². The zero-order chi connectivity index (χ0) is 16.9. The molecule has 1 aromatic heterocycles. The van der Waals surface area contributed by atoms with Gasteiger partial charge in [-0.15, -0.1) is 0 Å². The second-order valence-electron chi connectivity index (χ2n) is 5.96. The SMILES string of the molecule is O=C(Cc1c(F)cccc1Cl)NC[C@@H](c1ccco1)N1CCCC1. The molecule has 0 radical (unpaired) electrons. The number of halogens is 2. The van der Waals surface area contributed by atoms with Crippen molar-refractivity contribution >= 4 is 17.5 Å². The fourth-order valence-corrected chi connectivity index (χ4v) is 3.31. The maximum absolute atomic E-state index is 13.8. The van der Waals surface area contributed by atoms with E-state index < -0.39 is 5.82 Å². The third-order valence-corrected chi connectivity index (χ3v) is 4.70. The molecule has 1 amide bonds. The van der Waals surface area contributed by atoms with Gasteiger partial charge in [-0.3, -0.25) is 9.69 Å².